The summed E-state index contributed by atoms with van der Waals surface area (Å²) in [5, 5.41) is 10.2. The van der Waals surface area contributed by atoms with Crippen LogP contribution in [0.5, 0.6) is 5.75 Å². The molecule has 2 aromatic carbocycles. The van der Waals surface area contributed by atoms with Gasteiger partial charge in [-0.15, -0.1) is 0 Å². The third-order valence-electron chi connectivity index (χ3n) is 4.91. The van der Waals surface area contributed by atoms with Gasteiger partial charge in [0.15, 0.2) is 12.4 Å². The molecule has 1 N–H and O–H groups in total. The fourth-order valence-corrected chi connectivity index (χ4v) is 3.39. The molecular formula is C22H19NO6. The van der Waals surface area contributed by atoms with Gasteiger partial charge in [0.05, 0.1) is 12.7 Å². The summed E-state index contributed by atoms with van der Waals surface area (Å²) >= 11 is 0. The van der Waals surface area contributed by atoms with Gasteiger partial charge < -0.3 is 19.2 Å². The predicted molar refractivity (Wildman–Crippen MR) is 105 cm³/mol. The highest BCUT2D eigenvalue weighted by atomic mass is 16.5. The van der Waals surface area contributed by atoms with Crippen LogP contribution in [0.3, 0.4) is 0 Å². The second-order valence-electron chi connectivity index (χ2n) is 6.90. The maximum atomic E-state index is 12.3. The van der Waals surface area contributed by atoms with Crippen LogP contribution in [0.4, 0.5) is 5.69 Å². The molecule has 7 heteroatoms. The zero-order chi connectivity index (χ0) is 20.4. The zero-order valence-corrected chi connectivity index (χ0v) is 15.6. The Morgan fingerprint density at radius 2 is 1.93 bits per heavy atom. The zero-order valence-electron chi connectivity index (χ0n) is 15.6. The van der Waals surface area contributed by atoms with E-state index in [1.807, 2.05) is 0 Å². The van der Waals surface area contributed by atoms with Crippen molar-refractivity contribution in [2.75, 3.05) is 18.1 Å². The third kappa shape index (κ3) is 3.99. The Hall–Kier alpha value is -3.61. The Morgan fingerprint density at radius 3 is 2.66 bits per heavy atom. The molecule has 0 radical (unpaired) electrons. The molecule has 148 valence electrons. The first-order chi connectivity index (χ1) is 14.0. The monoisotopic (exact) mass is 393 g/mol. The lowest BCUT2D eigenvalue weighted by atomic mass is 10.1. The molecule has 4 rings (SSSR count). The van der Waals surface area contributed by atoms with Crippen molar-refractivity contribution in [3.05, 3.63) is 59.9 Å². The van der Waals surface area contributed by atoms with E-state index < -0.39 is 5.97 Å². The van der Waals surface area contributed by atoms with Crippen molar-refractivity contribution in [1.29, 1.82) is 0 Å². The molecule has 0 atom stereocenters. The number of benzene rings is 2. The van der Waals surface area contributed by atoms with E-state index in [0.29, 0.717) is 35.1 Å². The highest BCUT2D eigenvalue weighted by Crippen LogP contribution is 2.25. The number of aromatic hydroxyl groups is 1. The van der Waals surface area contributed by atoms with Crippen LogP contribution in [0.2, 0.25) is 0 Å². The fraction of sp³-hybridized carbons (Fsp3) is 0.227. The van der Waals surface area contributed by atoms with Crippen LogP contribution >= 0.6 is 0 Å². The molecule has 1 aliphatic heterocycles. The molecule has 1 fully saturated rings. The summed E-state index contributed by atoms with van der Waals surface area (Å²) in [6.07, 6.45) is 2.78. The predicted octanol–water partition coefficient (Wildman–Crippen LogP) is 3.23. The fourth-order valence-electron chi connectivity index (χ4n) is 3.39. The number of ether oxygens (including phenoxy) is 1. The molecule has 0 bridgehead atoms. The van der Waals surface area contributed by atoms with E-state index in [0.717, 1.165) is 12.1 Å². The normalized spacial score (nSPS) is 13.8. The standard InChI is InChI=1S/C22H19NO6/c24-17-7-8-18-15(12-28-20(18)11-17)10-22(27)29-13-19(25)14-3-5-16(6-4-14)23-9-1-2-21(23)26/h3-8,11-12,24H,1-2,9-10,13H2. The molecule has 7 nitrogen and oxygen atoms in total. The Bertz CT molecular complexity index is 1080. The van der Waals surface area contributed by atoms with Crippen molar-refractivity contribution in [3.8, 4) is 5.75 Å². The van der Waals surface area contributed by atoms with Crippen LogP contribution in [0, 0.1) is 0 Å². The van der Waals surface area contributed by atoms with Crippen LogP contribution < -0.4 is 4.90 Å². The van der Waals surface area contributed by atoms with Gasteiger partial charge in [-0.2, -0.15) is 0 Å². The van der Waals surface area contributed by atoms with Crippen molar-refractivity contribution in [1.82, 2.24) is 0 Å². The number of hydrogen-bond acceptors (Lipinski definition) is 6. The molecule has 0 saturated carbocycles. The van der Waals surface area contributed by atoms with Crippen molar-refractivity contribution in [2.24, 2.45) is 0 Å². The lowest BCUT2D eigenvalue weighted by molar-refractivity contribution is -0.141. The van der Waals surface area contributed by atoms with Crippen molar-refractivity contribution in [2.45, 2.75) is 19.3 Å². The van der Waals surface area contributed by atoms with E-state index in [1.54, 1.807) is 35.2 Å². The summed E-state index contributed by atoms with van der Waals surface area (Å²) in [6.45, 7) is 0.323. The molecular weight excluding hydrogens is 374 g/mol. The topological polar surface area (TPSA) is 97.1 Å². The molecule has 0 unspecified atom stereocenters. The number of carbonyl (C=O) groups excluding carboxylic acids is 3. The highest BCUT2D eigenvalue weighted by molar-refractivity contribution is 5.99. The Labute approximate surface area is 166 Å². The number of hydrogen-bond donors (Lipinski definition) is 1. The number of amides is 1. The van der Waals surface area contributed by atoms with Gasteiger partial charge in [-0.1, -0.05) is 0 Å². The van der Waals surface area contributed by atoms with Gasteiger partial charge in [0.1, 0.15) is 11.3 Å². The Morgan fingerprint density at radius 1 is 1.14 bits per heavy atom. The molecule has 2 heterocycles. The van der Waals surface area contributed by atoms with Gasteiger partial charge in [-0.3, -0.25) is 14.4 Å². The van der Waals surface area contributed by atoms with Crippen LogP contribution in [0.15, 0.2) is 53.1 Å². The summed E-state index contributed by atoms with van der Waals surface area (Å²) in [5.41, 5.74) is 2.27. The van der Waals surface area contributed by atoms with Gasteiger partial charge >= 0.3 is 5.97 Å². The van der Waals surface area contributed by atoms with E-state index in [2.05, 4.69) is 0 Å². The third-order valence-corrected chi connectivity index (χ3v) is 4.91. The van der Waals surface area contributed by atoms with E-state index in [4.69, 9.17) is 9.15 Å². The van der Waals surface area contributed by atoms with Gasteiger partial charge in [-0.25, -0.2) is 0 Å². The number of nitrogens with zero attached hydrogens (tertiary/aromatic N) is 1. The van der Waals surface area contributed by atoms with Crippen LogP contribution in [-0.2, 0) is 20.7 Å². The molecule has 0 aliphatic carbocycles. The summed E-state index contributed by atoms with van der Waals surface area (Å²) in [6, 6.07) is 11.4. The largest absolute Gasteiger partial charge is 0.508 e. The van der Waals surface area contributed by atoms with Crippen LogP contribution in [-0.4, -0.2) is 35.9 Å². The number of furan rings is 1. The summed E-state index contributed by atoms with van der Waals surface area (Å²) < 4.78 is 10.4. The Kier molecular flexibility index (Phi) is 5.03. The van der Waals surface area contributed by atoms with Crippen molar-refractivity contribution >= 4 is 34.3 Å². The smallest absolute Gasteiger partial charge is 0.310 e. The first-order valence-corrected chi connectivity index (χ1v) is 9.29. The van der Waals surface area contributed by atoms with Crippen LogP contribution in [0.25, 0.3) is 11.0 Å². The minimum atomic E-state index is -0.548. The number of ketones is 1. The number of fused-ring (bicyclic) bond motifs is 1. The first kappa shape index (κ1) is 18.7. The quantitative estimate of drug-likeness (QED) is 0.510. The SMILES string of the molecule is O=C(Cc1coc2cc(O)ccc12)OCC(=O)c1ccc(N2CCCC2=O)cc1. The number of phenolic OH excluding ortho intramolecular Hbond substituents is 1. The lowest BCUT2D eigenvalue weighted by Gasteiger charge is -2.15. The summed E-state index contributed by atoms with van der Waals surface area (Å²) in [4.78, 5) is 37.9. The van der Waals surface area contributed by atoms with Crippen LogP contribution in [0.1, 0.15) is 28.8 Å². The lowest BCUT2D eigenvalue weighted by Crippen LogP contribution is -2.23. The number of esters is 1. The van der Waals surface area contributed by atoms with Crippen molar-refractivity contribution in [3.63, 3.8) is 0 Å². The summed E-state index contributed by atoms with van der Waals surface area (Å²) in [5.74, 6) is -0.709. The number of rotatable bonds is 6. The summed E-state index contributed by atoms with van der Waals surface area (Å²) in [7, 11) is 0. The molecule has 1 saturated heterocycles. The molecule has 3 aromatic rings. The second kappa shape index (κ2) is 7.79. The molecule has 1 aromatic heterocycles. The molecule has 29 heavy (non-hydrogen) atoms. The average Bonchev–Trinajstić information content (AvgIpc) is 3.32. The number of anilines is 1. The molecule has 0 spiro atoms. The number of phenols is 1. The van der Waals surface area contributed by atoms with E-state index >= 15 is 0 Å². The van der Waals surface area contributed by atoms with E-state index in [9.17, 15) is 19.5 Å². The van der Waals surface area contributed by atoms with Gasteiger partial charge in [-0.05, 0) is 42.8 Å². The highest BCUT2D eigenvalue weighted by Gasteiger charge is 2.22. The maximum Gasteiger partial charge on any atom is 0.310 e. The Balaban J connectivity index is 1.34. The van der Waals surface area contributed by atoms with Crippen molar-refractivity contribution < 1.29 is 28.6 Å². The van der Waals surface area contributed by atoms with E-state index in [1.165, 1.54) is 18.4 Å². The van der Waals surface area contributed by atoms with Gasteiger partial charge in [0.25, 0.3) is 0 Å². The second-order valence-corrected chi connectivity index (χ2v) is 6.90. The maximum absolute atomic E-state index is 12.3. The number of Topliss-reactive ketones (excluding diaryl/α,β-unsaturated/α-hetero) is 1. The average molecular weight is 393 g/mol. The first-order valence-electron chi connectivity index (χ1n) is 9.29. The van der Waals surface area contributed by atoms with Gasteiger partial charge in [0, 0.05) is 41.2 Å². The van der Waals surface area contributed by atoms with Gasteiger partial charge in [0.2, 0.25) is 5.91 Å². The number of carbonyl (C=O) groups is 3. The van der Waals surface area contributed by atoms with E-state index in [-0.39, 0.29) is 30.5 Å². The minimum absolute atomic E-state index is 0.0406. The minimum Gasteiger partial charge on any atom is -0.508 e. The molecule has 1 aliphatic rings. The molecule has 1 amide bonds.